The van der Waals surface area contributed by atoms with Crippen molar-refractivity contribution in [3.05, 3.63) is 35.9 Å². The standard InChI is InChI=1S/C15H19N3O3/c1-10(2)13-16-14(21-17-13)11-5-3-7-18(9-11)15(19)12-6-4-8-20-12/h4,6,8,10-11H,3,5,7,9H2,1-2H3. The highest BCUT2D eigenvalue weighted by molar-refractivity contribution is 5.91. The Bertz CT molecular complexity index is 603. The van der Waals surface area contributed by atoms with Gasteiger partial charge in [0.1, 0.15) is 0 Å². The molecule has 1 saturated heterocycles. The van der Waals surface area contributed by atoms with E-state index in [4.69, 9.17) is 8.94 Å². The van der Waals surface area contributed by atoms with Crippen LogP contribution in [0.3, 0.4) is 0 Å². The minimum Gasteiger partial charge on any atom is -0.459 e. The molecule has 1 amide bonds. The second kappa shape index (κ2) is 5.71. The second-order valence-electron chi connectivity index (χ2n) is 5.71. The third-order valence-corrected chi connectivity index (χ3v) is 3.76. The number of furan rings is 1. The molecule has 0 aliphatic carbocycles. The van der Waals surface area contributed by atoms with Crippen LogP contribution in [0.15, 0.2) is 27.3 Å². The summed E-state index contributed by atoms with van der Waals surface area (Å²) in [5, 5.41) is 4.00. The highest BCUT2D eigenvalue weighted by Gasteiger charge is 2.30. The molecular formula is C15H19N3O3. The molecule has 112 valence electrons. The number of rotatable bonds is 3. The Labute approximate surface area is 123 Å². The molecule has 2 aromatic rings. The normalized spacial score (nSPS) is 19.2. The number of aromatic nitrogens is 2. The number of carbonyl (C=O) groups is 1. The second-order valence-corrected chi connectivity index (χ2v) is 5.71. The predicted molar refractivity (Wildman–Crippen MR) is 75.0 cm³/mol. The van der Waals surface area contributed by atoms with Gasteiger partial charge in [-0.2, -0.15) is 4.98 Å². The molecule has 1 aliphatic heterocycles. The molecule has 0 aromatic carbocycles. The Balaban J connectivity index is 1.72. The molecule has 1 unspecified atom stereocenters. The molecular weight excluding hydrogens is 270 g/mol. The van der Waals surface area contributed by atoms with E-state index in [0.717, 1.165) is 25.2 Å². The fraction of sp³-hybridized carbons (Fsp3) is 0.533. The van der Waals surface area contributed by atoms with Gasteiger partial charge >= 0.3 is 0 Å². The van der Waals surface area contributed by atoms with Gasteiger partial charge in [-0.3, -0.25) is 4.79 Å². The largest absolute Gasteiger partial charge is 0.459 e. The molecule has 6 heteroatoms. The first-order valence-electron chi connectivity index (χ1n) is 7.31. The van der Waals surface area contributed by atoms with Gasteiger partial charge in [-0.05, 0) is 25.0 Å². The minimum absolute atomic E-state index is 0.0756. The molecule has 0 N–H and O–H groups in total. The van der Waals surface area contributed by atoms with Crippen LogP contribution >= 0.6 is 0 Å². The summed E-state index contributed by atoms with van der Waals surface area (Å²) < 4.78 is 10.5. The average molecular weight is 289 g/mol. The van der Waals surface area contributed by atoms with Crippen LogP contribution in [0, 0.1) is 0 Å². The van der Waals surface area contributed by atoms with E-state index in [2.05, 4.69) is 10.1 Å². The van der Waals surface area contributed by atoms with E-state index in [1.807, 2.05) is 13.8 Å². The van der Waals surface area contributed by atoms with Gasteiger partial charge in [0.25, 0.3) is 5.91 Å². The number of amides is 1. The van der Waals surface area contributed by atoms with Gasteiger partial charge in [0.2, 0.25) is 5.89 Å². The average Bonchev–Trinajstić information content (AvgIpc) is 3.18. The van der Waals surface area contributed by atoms with Crippen molar-refractivity contribution in [2.45, 2.75) is 38.5 Å². The van der Waals surface area contributed by atoms with Crippen molar-refractivity contribution in [1.82, 2.24) is 15.0 Å². The summed E-state index contributed by atoms with van der Waals surface area (Å²) in [6.07, 6.45) is 3.40. The Morgan fingerprint density at radius 3 is 3.00 bits per heavy atom. The van der Waals surface area contributed by atoms with E-state index in [1.54, 1.807) is 17.0 Å². The van der Waals surface area contributed by atoms with Crippen LogP contribution in [0.25, 0.3) is 0 Å². The number of piperidine rings is 1. The van der Waals surface area contributed by atoms with Crippen molar-refractivity contribution in [1.29, 1.82) is 0 Å². The molecule has 0 bridgehead atoms. The van der Waals surface area contributed by atoms with Gasteiger partial charge in [-0.15, -0.1) is 0 Å². The van der Waals surface area contributed by atoms with Gasteiger partial charge in [-0.1, -0.05) is 19.0 Å². The van der Waals surface area contributed by atoms with E-state index in [0.29, 0.717) is 18.2 Å². The lowest BCUT2D eigenvalue weighted by Crippen LogP contribution is -2.39. The molecule has 21 heavy (non-hydrogen) atoms. The molecule has 1 aliphatic rings. The van der Waals surface area contributed by atoms with E-state index < -0.39 is 0 Å². The molecule has 0 spiro atoms. The Kier molecular flexibility index (Phi) is 3.77. The van der Waals surface area contributed by atoms with E-state index in [-0.39, 0.29) is 17.7 Å². The lowest BCUT2D eigenvalue weighted by atomic mass is 9.97. The third-order valence-electron chi connectivity index (χ3n) is 3.76. The minimum atomic E-state index is -0.0756. The van der Waals surface area contributed by atoms with Crippen molar-refractivity contribution in [2.75, 3.05) is 13.1 Å². The maximum atomic E-state index is 12.3. The number of nitrogens with zero attached hydrogens (tertiary/aromatic N) is 3. The monoisotopic (exact) mass is 289 g/mol. The summed E-state index contributed by atoms with van der Waals surface area (Å²) in [5.74, 6) is 2.01. The fourth-order valence-corrected chi connectivity index (χ4v) is 2.57. The summed E-state index contributed by atoms with van der Waals surface area (Å²) in [6, 6.07) is 3.41. The van der Waals surface area contributed by atoms with E-state index in [9.17, 15) is 4.79 Å². The van der Waals surface area contributed by atoms with Gasteiger partial charge < -0.3 is 13.8 Å². The zero-order valence-corrected chi connectivity index (χ0v) is 12.3. The lowest BCUT2D eigenvalue weighted by Gasteiger charge is -2.30. The first-order valence-corrected chi connectivity index (χ1v) is 7.31. The molecule has 3 rings (SSSR count). The van der Waals surface area contributed by atoms with Crippen LogP contribution in [0.2, 0.25) is 0 Å². The quantitative estimate of drug-likeness (QED) is 0.868. The van der Waals surface area contributed by atoms with Gasteiger partial charge in [0.15, 0.2) is 11.6 Å². The van der Waals surface area contributed by atoms with Crippen molar-refractivity contribution in [3.63, 3.8) is 0 Å². The van der Waals surface area contributed by atoms with Crippen molar-refractivity contribution in [2.24, 2.45) is 0 Å². The molecule has 0 radical (unpaired) electrons. The Morgan fingerprint density at radius 1 is 1.48 bits per heavy atom. The fourth-order valence-electron chi connectivity index (χ4n) is 2.57. The number of hydrogen-bond acceptors (Lipinski definition) is 5. The summed E-state index contributed by atoms with van der Waals surface area (Å²) in [7, 11) is 0. The summed E-state index contributed by atoms with van der Waals surface area (Å²) in [6.45, 7) is 5.39. The SMILES string of the molecule is CC(C)c1noc(C2CCCN(C(=O)c3ccco3)C2)n1. The Morgan fingerprint density at radius 2 is 2.33 bits per heavy atom. The van der Waals surface area contributed by atoms with Gasteiger partial charge in [0.05, 0.1) is 12.2 Å². The number of carbonyl (C=O) groups excluding carboxylic acids is 1. The van der Waals surface area contributed by atoms with Crippen LogP contribution in [-0.4, -0.2) is 34.0 Å². The maximum Gasteiger partial charge on any atom is 0.289 e. The van der Waals surface area contributed by atoms with E-state index >= 15 is 0 Å². The van der Waals surface area contributed by atoms with Crippen LogP contribution in [-0.2, 0) is 0 Å². The molecule has 6 nitrogen and oxygen atoms in total. The predicted octanol–water partition coefficient (Wildman–Crippen LogP) is 2.81. The van der Waals surface area contributed by atoms with Crippen LogP contribution < -0.4 is 0 Å². The van der Waals surface area contributed by atoms with Crippen LogP contribution in [0.5, 0.6) is 0 Å². The summed E-state index contributed by atoms with van der Waals surface area (Å²) >= 11 is 0. The number of hydrogen-bond donors (Lipinski definition) is 0. The lowest BCUT2D eigenvalue weighted by molar-refractivity contribution is 0.0663. The molecule has 1 fully saturated rings. The van der Waals surface area contributed by atoms with Crippen LogP contribution in [0.1, 0.15) is 60.8 Å². The topological polar surface area (TPSA) is 72.4 Å². The zero-order valence-electron chi connectivity index (χ0n) is 12.3. The molecule has 2 aromatic heterocycles. The van der Waals surface area contributed by atoms with Crippen molar-refractivity contribution >= 4 is 5.91 Å². The zero-order chi connectivity index (χ0) is 14.8. The highest BCUT2D eigenvalue weighted by atomic mass is 16.5. The molecule has 1 atom stereocenters. The van der Waals surface area contributed by atoms with Crippen LogP contribution in [0.4, 0.5) is 0 Å². The molecule has 0 saturated carbocycles. The van der Waals surface area contributed by atoms with Crippen molar-refractivity contribution < 1.29 is 13.7 Å². The van der Waals surface area contributed by atoms with Gasteiger partial charge in [-0.25, -0.2) is 0 Å². The summed E-state index contributed by atoms with van der Waals surface area (Å²) in [4.78, 5) is 18.6. The smallest absolute Gasteiger partial charge is 0.289 e. The van der Waals surface area contributed by atoms with Crippen molar-refractivity contribution in [3.8, 4) is 0 Å². The van der Waals surface area contributed by atoms with Gasteiger partial charge in [0, 0.05) is 19.0 Å². The third kappa shape index (κ3) is 2.84. The summed E-state index contributed by atoms with van der Waals surface area (Å²) in [5.41, 5.74) is 0. The number of likely N-dealkylation sites (tertiary alicyclic amines) is 1. The molecule has 3 heterocycles. The first-order chi connectivity index (χ1) is 10.1. The van der Waals surface area contributed by atoms with E-state index in [1.165, 1.54) is 6.26 Å². The first kappa shape index (κ1) is 13.9. The Hall–Kier alpha value is -2.11. The maximum absolute atomic E-state index is 12.3. The highest BCUT2D eigenvalue weighted by Crippen LogP contribution is 2.27.